The Morgan fingerprint density at radius 2 is 1.67 bits per heavy atom. The van der Waals surface area contributed by atoms with E-state index in [-0.39, 0.29) is 17.8 Å². The molecule has 0 atom stereocenters. The van der Waals surface area contributed by atoms with Gasteiger partial charge in [-0.25, -0.2) is 0 Å². The summed E-state index contributed by atoms with van der Waals surface area (Å²) in [6.07, 6.45) is 10.3. The number of carbonyl (C=O) groups is 1. The minimum Gasteiger partial charge on any atom is -0.343 e. The Bertz CT molecular complexity index is 332. The first-order valence-corrected chi connectivity index (χ1v) is 8.50. The van der Waals surface area contributed by atoms with Crippen molar-refractivity contribution in [2.75, 3.05) is 19.6 Å². The fourth-order valence-electron chi connectivity index (χ4n) is 3.84. The Labute approximate surface area is 136 Å². The summed E-state index contributed by atoms with van der Waals surface area (Å²) < 4.78 is 0. The summed E-state index contributed by atoms with van der Waals surface area (Å²) in [6, 6.07) is 0. The van der Waals surface area contributed by atoms with Gasteiger partial charge in [-0.3, -0.25) is 4.79 Å². The van der Waals surface area contributed by atoms with Gasteiger partial charge in [-0.05, 0) is 43.1 Å². The maximum absolute atomic E-state index is 12.6. The number of nitrogens with zero attached hydrogens (tertiary/aromatic N) is 1. The minimum atomic E-state index is 0. The van der Waals surface area contributed by atoms with E-state index in [9.17, 15) is 4.79 Å². The van der Waals surface area contributed by atoms with E-state index in [2.05, 4.69) is 18.7 Å². The van der Waals surface area contributed by atoms with E-state index in [1.54, 1.807) is 0 Å². The van der Waals surface area contributed by atoms with Crippen molar-refractivity contribution in [3.05, 3.63) is 0 Å². The van der Waals surface area contributed by atoms with Gasteiger partial charge < -0.3 is 10.6 Å². The summed E-state index contributed by atoms with van der Waals surface area (Å²) in [5.41, 5.74) is 6.57. The highest BCUT2D eigenvalue weighted by atomic mass is 35.5. The summed E-state index contributed by atoms with van der Waals surface area (Å²) in [4.78, 5) is 14.7. The van der Waals surface area contributed by atoms with Crippen molar-refractivity contribution in [2.45, 2.75) is 71.6 Å². The van der Waals surface area contributed by atoms with Crippen LogP contribution in [0.3, 0.4) is 0 Å². The van der Waals surface area contributed by atoms with E-state index in [0.717, 1.165) is 38.8 Å². The van der Waals surface area contributed by atoms with Crippen molar-refractivity contribution in [3.8, 4) is 0 Å². The number of amides is 1. The molecule has 0 radical (unpaired) electrons. The molecule has 0 spiro atoms. The maximum atomic E-state index is 12.6. The lowest BCUT2D eigenvalue weighted by Crippen LogP contribution is -2.45. The van der Waals surface area contributed by atoms with Gasteiger partial charge in [0, 0.05) is 19.5 Å². The van der Waals surface area contributed by atoms with E-state index in [0.29, 0.717) is 24.3 Å². The zero-order chi connectivity index (χ0) is 14.6. The molecule has 1 saturated carbocycles. The summed E-state index contributed by atoms with van der Waals surface area (Å²) in [5, 5.41) is 0. The number of halogens is 1. The summed E-state index contributed by atoms with van der Waals surface area (Å²) in [7, 11) is 0. The van der Waals surface area contributed by atoms with Crippen LogP contribution in [-0.4, -0.2) is 30.4 Å². The highest BCUT2D eigenvalue weighted by molar-refractivity contribution is 5.85. The van der Waals surface area contributed by atoms with Crippen molar-refractivity contribution >= 4 is 18.3 Å². The number of carbonyl (C=O) groups excluding carboxylic acids is 1. The molecule has 3 nitrogen and oxygen atoms in total. The summed E-state index contributed by atoms with van der Waals surface area (Å²) >= 11 is 0. The molecule has 0 aromatic rings. The molecule has 21 heavy (non-hydrogen) atoms. The third-order valence-corrected chi connectivity index (χ3v) is 6.05. The smallest absolute Gasteiger partial charge is 0.223 e. The van der Waals surface area contributed by atoms with Crippen molar-refractivity contribution in [1.29, 1.82) is 0 Å². The second-order valence-corrected chi connectivity index (χ2v) is 7.49. The lowest BCUT2D eigenvalue weighted by molar-refractivity contribution is -0.136. The number of piperidine rings is 1. The number of nitrogens with two attached hydrogens (primary N) is 1. The van der Waals surface area contributed by atoms with Gasteiger partial charge in [-0.1, -0.05) is 39.5 Å². The van der Waals surface area contributed by atoms with Crippen LogP contribution in [0.15, 0.2) is 0 Å². The zero-order valence-electron chi connectivity index (χ0n) is 13.8. The monoisotopic (exact) mass is 316 g/mol. The minimum absolute atomic E-state index is 0. The molecule has 2 aliphatic rings. The molecule has 2 N–H and O–H groups in total. The molecule has 2 fully saturated rings. The molecule has 0 aromatic heterocycles. The Kier molecular flexibility index (Phi) is 6.99. The van der Waals surface area contributed by atoms with Crippen LogP contribution in [0, 0.1) is 10.8 Å². The molecule has 1 heterocycles. The normalized spacial score (nSPS) is 24.2. The Morgan fingerprint density at radius 3 is 2.14 bits per heavy atom. The van der Waals surface area contributed by atoms with Gasteiger partial charge in [0.05, 0.1) is 0 Å². The average Bonchev–Trinajstić information content (AvgIpc) is 2.49. The second kappa shape index (κ2) is 7.82. The Balaban J connectivity index is 0.00000220. The predicted molar refractivity (Wildman–Crippen MR) is 90.6 cm³/mol. The molecule has 0 bridgehead atoms. The number of hydrogen-bond acceptors (Lipinski definition) is 2. The van der Waals surface area contributed by atoms with Gasteiger partial charge in [0.25, 0.3) is 0 Å². The lowest BCUT2D eigenvalue weighted by Gasteiger charge is -2.41. The number of hydrogen-bond donors (Lipinski definition) is 1. The van der Waals surface area contributed by atoms with Crippen molar-refractivity contribution in [2.24, 2.45) is 16.6 Å². The van der Waals surface area contributed by atoms with Gasteiger partial charge in [0.15, 0.2) is 0 Å². The number of likely N-dealkylation sites (tertiary alicyclic amines) is 1. The van der Waals surface area contributed by atoms with Crippen LogP contribution in [0.5, 0.6) is 0 Å². The summed E-state index contributed by atoms with van der Waals surface area (Å²) in [6.45, 7) is 7.20. The zero-order valence-corrected chi connectivity index (χ0v) is 14.6. The maximum Gasteiger partial charge on any atom is 0.223 e. The van der Waals surface area contributed by atoms with E-state index in [4.69, 9.17) is 5.73 Å². The standard InChI is InChI=1S/C17H32N2O.ClH/c1-3-16(2)9-11-19(12-10-16)15(20)13-17(14-18)7-5-4-6-8-17;/h3-14,18H2,1-2H3;1H. The third-order valence-electron chi connectivity index (χ3n) is 6.05. The van der Waals surface area contributed by atoms with Crippen LogP contribution < -0.4 is 5.73 Å². The molecule has 2 rings (SSSR count). The molecule has 1 saturated heterocycles. The van der Waals surface area contributed by atoms with Crippen LogP contribution in [0.2, 0.25) is 0 Å². The quantitative estimate of drug-likeness (QED) is 0.858. The van der Waals surface area contributed by atoms with Gasteiger partial charge in [0.1, 0.15) is 0 Å². The molecule has 1 aliphatic carbocycles. The molecular weight excluding hydrogens is 284 g/mol. The summed E-state index contributed by atoms with van der Waals surface area (Å²) in [5.74, 6) is 0.357. The second-order valence-electron chi connectivity index (χ2n) is 7.49. The Hall–Kier alpha value is -0.280. The van der Waals surface area contributed by atoms with E-state index in [1.165, 1.54) is 25.7 Å². The van der Waals surface area contributed by atoms with Crippen LogP contribution in [0.1, 0.15) is 71.6 Å². The van der Waals surface area contributed by atoms with Crippen molar-refractivity contribution in [3.63, 3.8) is 0 Å². The van der Waals surface area contributed by atoms with Crippen LogP contribution >= 0.6 is 12.4 Å². The van der Waals surface area contributed by atoms with E-state index < -0.39 is 0 Å². The van der Waals surface area contributed by atoms with Crippen LogP contribution in [-0.2, 0) is 4.79 Å². The van der Waals surface area contributed by atoms with Gasteiger partial charge in [-0.2, -0.15) is 0 Å². The fourth-order valence-corrected chi connectivity index (χ4v) is 3.84. The molecule has 4 heteroatoms. The lowest BCUT2D eigenvalue weighted by atomic mass is 9.71. The van der Waals surface area contributed by atoms with Gasteiger partial charge >= 0.3 is 0 Å². The predicted octanol–water partition coefficient (Wildman–Crippen LogP) is 3.75. The van der Waals surface area contributed by atoms with E-state index in [1.807, 2.05) is 0 Å². The first-order chi connectivity index (χ1) is 9.52. The molecule has 1 aliphatic heterocycles. The topological polar surface area (TPSA) is 46.3 Å². The van der Waals surface area contributed by atoms with Crippen molar-refractivity contribution < 1.29 is 4.79 Å². The first-order valence-electron chi connectivity index (χ1n) is 8.50. The molecule has 0 unspecified atom stereocenters. The number of rotatable bonds is 4. The molecule has 124 valence electrons. The molecule has 0 aromatic carbocycles. The van der Waals surface area contributed by atoms with Crippen LogP contribution in [0.4, 0.5) is 0 Å². The third kappa shape index (κ3) is 4.59. The fraction of sp³-hybridized carbons (Fsp3) is 0.941. The highest BCUT2D eigenvalue weighted by Gasteiger charge is 2.36. The molecular formula is C17H33ClN2O. The first kappa shape index (κ1) is 18.8. The van der Waals surface area contributed by atoms with Gasteiger partial charge in [-0.15, -0.1) is 12.4 Å². The largest absolute Gasteiger partial charge is 0.343 e. The highest BCUT2D eigenvalue weighted by Crippen LogP contribution is 2.40. The van der Waals surface area contributed by atoms with Gasteiger partial charge in [0.2, 0.25) is 5.91 Å². The van der Waals surface area contributed by atoms with E-state index >= 15 is 0 Å². The Morgan fingerprint density at radius 1 is 1.10 bits per heavy atom. The molecule has 1 amide bonds. The SMILES string of the molecule is CCC1(C)CCN(C(=O)CC2(CN)CCCCC2)CC1.Cl. The van der Waals surface area contributed by atoms with Crippen molar-refractivity contribution in [1.82, 2.24) is 4.90 Å². The average molecular weight is 317 g/mol. The van der Waals surface area contributed by atoms with Crippen LogP contribution in [0.25, 0.3) is 0 Å².